The van der Waals surface area contributed by atoms with Crippen molar-refractivity contribution in [2.75, 3.05) is 12.3 Å². The molecule has 21 heavy (non-hydrogen) atoms. The molecule has 0 unspecified atom stereocenters. The number of nitrogens with one attached hydrogen (secondary N) is 1. The van der Waals surface area contributed by atoms with Crippen LogP contribution in [0.3, 0.4) is 0 Å². The highest BCUT2D eigenvalue weighted by atomic mass is 32.2. The molecule has 0 radical (unpaired) electrons. The van der Waals surface area contributed by atoms with Crippen LogP contribution in [0.15, 0.2) is 24.3 Å². The first-order valence-corrected chi connectivity index (χ1v) is 8.90. The van der Waals surface area contributed by atoms with Crippen LogP contribution in [0.5, 0.6) is 0 Å². The van der Waals surface area contributed by atoms with E-state index in [1.54, 1.807) is 0 Å². The van der Waals surface area contributed by atoms with Gasteiger partial charge in [-0.25, -0.2) is 0 Å². The molecule has 0 aromatic heterocycles. The largest absolute Gasteiger partial charge is 0.393 e. The van der Waals surface area contributed by atoms with E-state index in [0.29, 0.717) is 13.0 Å². The molecule has 0 saturated heterocycles. The van der Waals surface area contributed by atoms with Gasteiger partial charge in [-0.05, 0) is 37.3 Å². The van der Waals surface area contributed by atoms with Gasteiger partial charge < -0.3 is 10.4 Å². The Bertz CT molecular complexity index is 464. The van der Waals surface area contributed by atoms with Gasteiger partial charge in [0.05, 0.1) is 6.10 Å². The summed E-state index contributed by atoms with van der Waals surface area (Å²) in [5.74, 6) is 2.04. The average molecular weight is 307 g/mol. The molecule has 2 rings (SSSR count). The molecule has 0 bridgehead atoms. The minimum atomic E-state index is -0.287. The summed E-state index contributed by atoms with van der Waals surface area (Å²) in [5.41, 5.74) is 2.69. The summed E-state index contributed by atoms with van der Waals surface area (Å²) in [5, 5.41) is 12.6. The number of aliphatic hydroxyl groups is 1. The Kier molecular flexibility index (Phi) is 6.58. The van der Waals surface area contributed by atoms with Crippen molar-refractivity contribution in [1.82, 2.24) is 5.32 Å². The Labute approximate surface area is 131 Å². The normalized spacial score (nSPS) is 22.0. The van der Waals surface area contributed by atoms with E-state index < -0.39 is 0 Å². The Balaban J connectivity index is 1.61. The highest BCUT2D eigenvalue weighted by Gasteiger charge is 2.25. The Morgan fingerprint density at radius 1 is 1.38 bits per heavy atom. The van der Waals surface area contributed by atoms with Crippen molar-refractivity contribution in [3.63, 3.8) is 0 Å². The fraction of sp³-hybridized carbons (Fsp3) is 0.588. The van der Waals surface area contributed by atoms with Gasteiger partial charge in [0.1, 0.15) is 0 Å². The molecule has 3 nitrogen and oxygen atoms in total. The molecular weight excluding hydrogens is 282 g/mol. The van der Waals surface area contributed by atoms with E-state index in [4.69, 9.17) is 0 Å². The topological polar surface area (TPSA) is 49.3 Å². The molecule has 0 aliphatic heterocycles. The SMILES string of the molecule is Cc1ccccc1CSCCNC(=O)[C@@H]1CCC[C@H](O)C1. The van der Waals surface area contributed by atoms with Crippen molar-refractivity contribution in [2.24, 2.45) is 5.92 Å². The quantitative estimate of drug-likeness (QED) is 0.795. The molecule has 1 aromatic rings. The lowest BCUT2D eigenvalue weighted by Gasteiger charge is -2.24. The number of benzene rings is 1. The zero-order valence-electron chi connectivity index (χ0n) is 12.7. The minimum Gasteiger partial charge on any atom is -0.393 e. The van der Waals surface area contributed by atoms with Crippen LogP contribution in [-0.2, 0) is 10.5 Å². The van der Waals surface area contributed by atoms with E-state index >= 15 is 0 Å². The number of hydrogen-bond acceptors (Lipinski definition) is 3. The van der Waals surface area contributed by atoms with Crippen molar-refractivity contribution in [3.05, 3.63) is 35.4 Å². The maximum absolute atomic E-state index is 12.0. The van der Waals surface area contributed by atoms with Crippen LogP contribution in [0.4, 0.5) is 0 Å². The Morgan fingerprint density at radius 2 is 2.19 bits per heavy atom. The summed E-state index contributed by atoms with van der Waals surface area (Å²) in [6.45, 7) is 2.84. The van der Waals surface area contributed by atoms with Crippen LogP contribution >= 0.6 is 11.8 Å². The highest BCUT2D eigenvalue weighted by Crippen LogP contribution is 2.24. The number of aryl methyl sites for hydroxylation is 1. The zero-order valence-corrected chi connectivity index (χ0v) is 13.5. The van der Waals surface area contributed by atoms with Crippen molar-refractivity contribution >= 4 is 17.7 Å². The van der Waals surface area contributed by atoms with Crippen molar-refractivity contribution in [2.45, 2.75) is 44.5 Å². The molecule has 0 heterocycles. The first-order chi connectivity index (χ1) is 10.2. The van der Waals surface area contributed by atoms with Crippen LogP contribution in [0.25, 0.3) is 0 Å². The standard InChI is InChI=1S/C17H25NO2S/c1-13-5-2-3-6-15(13)12-21-10-9-18-17(20)14-7-4-8-16(19)11-14/h2-3,5-6,14,16,19H,4,7-12H2,1H3,(H,18,20)/t14-,16+/m1/s1. The molecule has 1 aromatic carbocycles. The van der Waals surface area contributed by atoms with E-state index in [1.165, 1.54) is 11.1 Å². The summed E-state index contributed by atoms with van der Waals surface area (Å²) < 4.78 is 0. The van der Waals surface area contributed by atoms with Gasteiger partial charge in [0.15, 0.2) is 0 Å². The molecule has 1 aliphatic rings. The predicted molar refractivity (Wildman–Crippen MR) is 88.3 cm³/mol. The number of carbonyl (C=O) groups is 1. The van der Waals surface area contributed by atoms with E-state index in [2.05, 4.69) is 36.5 Å². The zero-order chi connectivity index (χ0) is 15.1. The second-order valence-corrected chi connectivity index (χ2v) is 6.89. The molecule has 116 valence electrons. The first kappa shape index (κ1) is 16.4. The number of amides is 1. The number of hydrogen-bond donors (Lipinski definition) is 2. The van der Waals surface area contributed by atoms with Gasteiger partial charge >= 0.3 is 0 Å². The highest BCUT2D eigenvalue weighted by molar-refractivity contribution is 7.98. The summed E-state index contributed by atoms with van der Waals surface area (Å²) in [6.07, 6.45) is 3.06. The molecule has 0 spiro atoms. The molecule has 1 saturated carbocycles. The summed E-state index contributed by atoms with van der Waals surface area (Å²) in [4.78, 5) is 12.0. The smallest absolute Gasteiger partial charge is 0.223 e. The van der Waals surface area contributed by atoms with Gasteiger partial charge in [0.25, 0.3) is 0 Å². The maximum atomic E-state index is 12.0. The van der Waals surface area contributed by atoms with Crippen molar-refractivity contribution < 1.29 is 9.90 Å². The van der Waals surface area contributed by atoms with Crippen molar-refractivity contribution in [3.8, 4) is 0 Å². The Hall–Kier alpha value is -1.00. The van der Waals surface area contributed by atoms with Crippen LogP contribution in [0.2, 0.25) is 0 Å². The fourth-order valence-corrected chi connectivity index (χ4v) is 3.68. The van der Waals surface area contributed by atoms with Gasteiger partial charge in [-0.2, -0.15) is 11.8 Å². The van der Waals surface area contributed by atoms with Crippen LogP contribution < -0.4 is 5.32 Å². The molecule has 1 amide bonds. The Morgan fingerprint density at radius 3 is 2.95 bits per heavy atom. The van der Waals surface area contributed by atoms with Crippen LogP contribution in [0.1, 0.15) is 36.8 Å². The molecule has 1 fully saturated rings. The van der Waals surface area contributed by atoms with E-state index in [-0.39, 0.29) is 17.9 Å². The summed E-state index contributed by atoms with van der Waals surface area (Å²) >= 11 is 1.85. The number of aliphatic hydroxyl groups excluding tert-OH is 1. The predicted octanol–water partition coefficient (Wildman–Crippen LogP) is 2.90. The lowest BCUT2D eigenvalue weighted by molar-refractivity contribution is -0.127. The first-order valence-electron chi connectivity index (χ1n) is 7.75. The number of thioether (sulfide) groups is 1. The lowest BCUT2D eigenvalue weighted by atomic mass is 9.87. The van der Waals surface area contributed by atoms with Gasteiger partial charge in [-0.15, -0.1) is 0 Å². The fourth-order valence-electron chi connectivity index (χ4n) is 2.75. The molecule has 4 heteroatoms. The third-order valence-electron chi connectivity index (χ3n) is 4.08. The van der Waals surface area contributed by atoms with Gasteiger partial charge in [-0.1, -0.05) is 30.7 Å². The minimum absolute atomic E-state index is 0.00937. The molecule has 1 aliphatic carbocycles. The third-order valence-corrected chi connectivity index (χ3v) is 5.09. The van der Waals surface area contributed by atoms with E-state index in [9.17, 15) is 9.90 Å². The van der Waals surface area contributed by atoms with Crippen LogP contribution in [0, 0.1) is 12.8 Å². The van der Waals surface area contributed by atoms with Gasteiger partial charge in [-0.3, -0.25) is 4.79 Å². The van der Waals surface area contributed by atoms with Crippen LogP contribution in [-0.4, -0.2) is 29.4 Å². The number of rotatable bonds is 6. The van der Waals surface area contributed by atoms with E-state index in [0.717, 1.165) is 30.8 Å². The number of carbonyl (C=O) groups excluding carboxylic acids is 1. The monoisotopic (exact) mass is 307 g/mol. The lowest BCUT2D eigenvalue weighted by Crippen LogP contribution is -2.36. The second kappa shape index (κ2) is 8.44. The van der Waals surface area contributed by atoms with Gasteiger partial charge in [0, 0.05) is 24.0 Å². The van der Waals surface area contributed by atoms with Gasteiger partial charge in [0.2, 0.25) is 5.91 Å². The molecule has 2 atom stereocenters. The van der Waals surface area contributed by atoms with Crippen molar-refractivity contribution in [1.29, 1.82) is 0 Å². The van der Waals surface area contributed by atoms with E-state index in [1.807, 2.05) is 11.8 Å². The molecule has 2 N–H and O–H groups in total. The maximum Gasteiger partial charge on any atom is 0.223 e. The third kappa shape index (κ3) is 5.36. The summed E-state index contributed by atoms with van der Waals surface area (Å²) in [6, 6.07) is 8.41. The second-order valence-electron chi connectivity index (χ2n) is 5.79. The average Bonchev–Trinajstić information content (AvgIpc) is 2.48. The molecular formula is C17H25NO2S. The summed E-state index contributed by atoms with van der Waals surface area (Å²) in [7, 11) is 0.